The number of carbonyl (C=O) groups is 1. The monoisotopic (exact) mass is 268 g/mol. The molecule has 16 heavy (non-hydrogen) atoms. The molecule has 0 amide bonds. The van der Waals surface area contributed by atoms with Crippen LogP contribution in [-0.2, 0) is 19.6 Å². The fourth-order valence-corrected chi connectivity index (χ4v) is 1.98. The second-order valence-corrected chi connectivity index (χ2v) is 4.26. The van der Waals surface area contributed by atoms with E-state index in [0.717, 1.165) is 7.11 Å². The Morgan fingerprint density at radius 1 is 1.31 bits per heavy atom. The van der Waals surface area contributed by atoms with E-state index in [1.807, 2.05) is 0 Å². The van der Waals surface area contributed by atoms with Crippen LogP contribution < -0.4 is 51.4 Å². The molecule has 1 rings (SSSR count). The molecule has 1 atom stereocenters. The third-order valence-corrected chi connectivity index (χ3v) is 2.85. The zero-order chi connectivity index (χ0) is 11.5. The number of hydrogen-bond donors (Lipinski definition) is 0. The molecule has 0 aliphatic heterocycles. The van der Waals surface area contributed by atoms with Crippen molar-refractivity contribution in [3.8, 4) is 0 Å². The van der Waals surface area contributed by atoms with E-state index in [0.29, 0.717) is 0 Å². The van der Waals surface area contributed by atoms with Gasteiger partial charge in [0.2, 0.25) is 0 Å². The molecule has 7 heteroatoms. The standard InChI is InChI=1S/C9H10O5S.K/c1-14-9(10)8(15(11,12)13)7-5-3-2-4-6-7;/h2-6,8H,1H3,(H,11,12,13);/q;+1/p-1. The predicted octanol–water partition coefficient (Wildman–Crippen LogP) is -2.55. The van der Waals surface area contributed by atoms with Crippen molar-refractivity contribution in [2.24, 2.45) is 0 Å². The summed E-state index contributed by atoms with van der Waals surface area (Å²) in [5.41, 5.74) is 0.111. The smallest absolute Gasteiger partial charge is 0.747 e. The Balaban J connectivity index is 0.00000225. The molecule has 0 radical (unpaired) electrons. The van der Waals surface area contributed by atoms with Crippen LogP contribution in [0, 0.1) is 0 Å². The second kappa shape index (κ2) is 6.85. The van der Waals surface area contributed by atoms with Crippen LogP contribution in [0.15, 0.2) is 30.3 Å². The minimum atomic E-state index is -4.75. The summed E-state index contributed by atoms with van der Waals surface area (Å²) in [6.45, 7) is 0. The Morgan fingerprint density at radius 2 is 1.81 bits per heavy atom. The maximum absolute atomic E-state index is 11.2. The zero-order valence-electron chi connectivity index (χ0n) is 8.91. The van der Waals surface area contributed by atoms with Gasteiger partial charge in [-0.25, -0.2) is 8.42 Å². The number of benzene rings is 1. The molecule has 0 N–H and O–H groups in total. The summed E-state index contributed by atoms with van der Waals surface area (Å²) in [4.78, 5) is 11.2. The number of esters is 1. The Labute approximate surface area is 136 Å². The summed E-state index contributed by atoms with van der Waals surface area (Å²) in [6, 6.07) is 7.50. The van der Waals surface area contributed by atoms with Gasteiger partial charge in [0.25, 0.3) is 0 Å². The third kappa shape index (κ3) is 4.25. The van der Waals surface area contributed by atoms with Gasteiger partial charge in [0.1, 0.15) is 10.1 Å². The van der Waals surface area contributed by atoms with E-state index < -0.39 is 21.3 Å². The number of ether oxygens (including phenoxy) is 1. The Hall–Kier alpha value is 0.236. The van der Waals surface area contributed by atoms with E-state index in [-0.39, 0.29) is 56.9 Å². The normalized spacial score (nSPS) is 12.4. The zero-order valence-corrected chi connectivity index (χ0v) is 12.9. The Bertz CT molecular complexity index is 442. The summed E-state index contributed by atoms with van der Waals surface area (Å²) < 4.78 is 36.9. The van der Waals surface area contributed by atoms with E-state index in [1.54, 1.807) is 6.07 Å². The molecule has 82 valence electrons. The Kier molecular flexibility index (Phi) is 6.95. The van der Waals surface area contributed by atoms with Crippen molar-refractivity contribution in [1.29, 1.82) is 0 Å². The van der Waals surface area contributed by atoms with E-state index in [9.17, 15) is 17.8 Å². The number of hydrogen-bond acceptors (Lipinski definition) is 5. The van der Waals surface area contributed by atoms with Gasteiger partial charge in [-0.15, -0.1) is 0 Å². The van der Waals surface area contributed by atoms with Crippen molar-refractivity contribution in [1.82, 2.24) is 0 Å². The van der Waals surface area contributed by atoms with Crippen molar-refractivity contribution in [3.63, 3.8) is 0 Å². The molecule has 0 saturated carbocycles. The molecular weight excluding hydrogens is 259 g/mol. The van der Waals surface area contributed by atoms with Crippen LogP contribution in [0.4, 0.5) is 0 Å². The Morgan fingerprint density at radius 3 is 2.19 bits per heavy atom. The molecule has 0 spiro atoms. The van der Waals surface area contributed by atoms with Crippen LogP contribution in [0.2, 0.25) is 0 Å². The van der Waals surface area contributed by atoms with Crippen LogP contribution in [0.1, 0.15) is 10.8 Å². The van der Waals surface area contributed by atoms with Gasteiger partial charge in [-0.2, -0.15) is 0 Å². The van der Waals surface area contributed by atoms with Gasteiger partial charge in [-0.1, -0.05) is 30.3 Å². The third-order valence-electron chi connectivity index (χ3n) is 1.81. The molecule has 1 unspecified atom stereocenters. The SMILES string of the molecule is COC(=O)C(c1ccccc1)S(=O)(=O)[O-].[K+]. The average Bonchev–Trinajstić information content (AvgIpc) is 2.17. The molecular formula is C9H9KO5S. The van der Waals surface area contributed by atoms with Gasteiger partial charge in [0, 0.05) is 0 Å². The van der Waals surface area contributed by atoms with E-state index in [4.69, 9.17) is 0 Å². The van der Waals surface area contributed by atoms with Gasteiger partial charge in [-0.05, 0) is 5.56 Å². The molecule has 0 bridgehead atoms. The van der Waals surface area contributed by atoms with Crippen molar-refractivity contribution >= 4 is 16.1 Å². The first-order valence-corrected chi connectivity index (χ1v) is 5.51. The van der Waals surface area contributed by atoms with Crippen molar-refractivity contribution < 1.29 is 73.9 Å². The van der Waals surface area contributed by atoms with E-state index >= 15 is 0 Å². The van der Waals surface area contributed by atoms with Gasteiger partial charge < -0.3 is 9.29 Å². The minimum absolute atomic E-state index is 0. The molecule has 0 fully saturated rings. The molecule has 0 aliphatic carbocycles. The first-order chi connectivity index (χ1) is 6.96. The minimum Gasteiger partial charge on any atom is -0.747 e. The largest absolute Gasteiger partial charge is 1.00 e. The van der Waals surface area contributed by atoms with Crippen LogP contribution in [0.3, 0.4) is 0 Å². The van der Waals surface area contributed by atoms with Gasteiger partial charge in [-0.3, -0.25) is 4.79 Å². The van der Waals surface area contributed by atoms with Gasteiger partial charge >= 0.3 is 57.4 Å². The number of rotatable bonds is 3. The summed E-state index contributed by atoms with van der Waals surface area (Å²) in [5.74, 6) is -1.07. The van der Waals surface area contributed by atoms with Crippen LogP contribution in [0.5, 0.6) is 0 Å². The first kappa shape index (κ1) is 16.2. The fraction of sp³-hybridized carbons (Fsp3) is 0.222. The summed E-state index contributed by atoms with van der Waals surface area (Å²) >= 11 is 0. The summed E-state index contributed by atoms with van der Waals surface area (Å²) in [6.07, 6.45) is 0. The number of methoxy groups -OCH3 is 1. The topological polar surface area (TPSA) is 83.5 Å². The second-order valence-electron chi connectivity index (χ2n) is 2.81. The predicted molar refractivity (Wildman–Crippen MR) is 50.9 cm³/mol. The molecule has 1 aromatic carbocycles. The fourth-order valence-electron chi connectivity index (χ4n) is 1.16. The maximum Gasteiger partial charge on any atom is 1.00 e. The molecule has 1 aromatic rings. The van der Waals surface area contributed by atoms with Gasteiger partial charge in [0.15, 0.2) is 5.25 Å². The van der Waals surface area contributed by atoms with Crippen LogP contribution in [0.25, 0.3) is 0 Å². The van der Waals surface area contributed by atoms with Gasteiger partial charge in [0.05, 0.1) is 7.11 Å². The molecule has 0 aromatic heterocycles. The molecule has 5 nitrogen and oxygen atoms in total. The number of carbonyl (C=O) groups excluding carboxylic acids is 1. The molecule has 0 aliphatic rings. The van der Waals surface area contributed by atoms with E-state index in [2.05, 4.69) is 4.74 Å². The van der Waals surface area contributed by atoms with Crippen LogP contribution in [-0.4, -0.2) is 26.0 Å². The van der Waals surface area contributed by atoms with Crippen LogP contribution >= 0.6 is 0 Å². The van der Waals surface area contributed by atoms with Crippen molar-refractivity contribution in [2.45, 2.75) is 5.25 Å². The van der Waals surface area contributed by atoms with Crippen molar-refractivity contribution in [2.75, 3.05) is 7.11 Å². The quantitative estimate of drug-likeness (QED) is 0.342. The summed E-state index contributed by atoms with van der Waals surface area (Å²) in [7, 11) is -3.72. The first-order valence-electron chi connectivity index (χ1n) is 4.04. The maximum atomic E-state index is 11.2. The summed E-state index contributed by atoms with van der Waals surface area (Å²) in [5, 5.41) is -1.79. The van der Waals surface area contributed by atoms with E-state index in [1.165, 1.54) is 24.3 Å². The molecule has 0 saturated heterocycles. The van der Waals surface area contributed by atoms with Crippen molar-refractivity contribution in [3.05, 3.63) is 35.9 Å². The average molecular weight is 268 g/mol. The molecule has 0 heterocycles.